The molecule has 1 amide bonds. The highest BCUT2D eigenvalue weighted by Crippen LogP contribution is 2.27. The largest absolute Gasteiger partial charge is 0.496 e. The van der Waals surface area contributed by atoms with E-state index in [4.69, 9.17) is 9.47 Å². The van der Waals surface area contributed by atoms with Crippen LogP contribution in [-0.4, -0.2) is 20.6 Å². The lowest BCUT2D eigenvalue weighted by molar-refractivity contribution is -0.109. The minimum Gasteiger partial charge on any atom is -0.496 e. The number of benzene rings is 1. The van der Waals surface area contributed by atoms with Crippen molar-refractivity contribution in [2.24, 2.45) is 0 Å². The first-order chi connectivity index (χ1) is 7.22. The van der Waals surface area contributed by atoms with E-state index in [2.05, 4.69) is 5.32 Å². The molecule has 1 aromatic rings. The van der Waals surface area contributed by atoms with Crippen LogP contribution in [0.4, 0.5) is 4.39 Å². The van der Waals surface area contributed by atoms with E-state index in [0.717, 1.165) is 0 Å². The predicted octanol–water partition coefficient (Wildman–Crippen LogP) is 1.09. The number of amides is 1. The van der Waals surface area contributed by atoms with Crippen molar-refractivity contribution >= 4 is 6.41 Å². The van der Waals surface area contributed by atoms with E-state index < -0.39 is 5.82 Å². The zero-order valence-electron chi connectivity index (χ0n) is 8.54. The fraction of sp³-hybridized carbons (Fsp3) is 0.300. The Morgan fingerprint density at radius 1 is 1.33 bits per heavy atom. The molecule has 0 aliphatic carbocycles. The third-order valence-corrected chi connectivity index (χ3v) is 1.93. The van der Waals surface area contributed by atoms with Gasteiger partial charge in [0.2, 0.25) is 6.41 Å². The van der Waals surface area contributed by atoms with E-state index in [9.17, 15) is 9.18 Å². The zero-order valence-corrected chi connectivity index (χ0v) is 8.54. The van der Waals surface area contributed by atoms with Crippen LogP contribution in [0.5, 0.6) is 11.5 Å². The van der Waals surface area contributed by atoms with Crippen molar-refractivity contribution in [3.05, 3.63) is 23.5 Å². The molecule has 4 nitrogen and oxygen atoms in total. The van der Waals surface area contributed by atoms with Crippen LogP contribution < -0.4 is 14.8 Å². The molecule has 82 valence electrons. The van der Waals surface area contributed by atoms with Gasteiger partial charge in [0.05, 0.1) is 14.2 Å². The Hall–Kier alpha value is -1.78. The van der Waals surface area contributed by atoms with Gasteiger partial charge >= 0.3 is 0 Å². The summed E-state index contributed by atoms with van der Waals surface area (Å²) >= 11 is 0. The summed E-state index contributed by atoms with van der Waals surface area (Å²) in [5.74, 6) is 0.102. The van der Waals surface area contributed by atoms with Gasteiger partial charge in [0.15, 0.2) is 11.6 Å². The molecule has 0 atom stereocenters. The quantitative estimate of drug-likeness (QED) is 0.745. The SMILES string of the molecule is COc1cc(OC)c(CNC=O)cc1F. The summed E-state index contributed by atoms with van der Waals surface area (Å²) in [5, 5.41) is 2.44. The highest BCUT2D eigenvalue weighted by Gasteiger charge is 2.10. The number of methoxy groups -OCH3 is 2. The summed E-state index contributed by atoms with van der Waals surface area (Å²) in [6.45, 7) is 0.216. The maximum atomic E-state index is 13.3. The first kappa shape index (κ1) is 11.3. The van der Waals surface area contributed by atoms with Gasteiger partial charge < -0.3 is 14.8 Å². The minimum atomic E-state index is -0.485. The molecule has 0 aliphatic heterocycles. The highest BCUT2D eigenvalue weighted by molar-refractivity contribution is 5.48. The maximum absolute atomic E-state index is 13.3. The van der Waals surface area contributed by atoms with Crippen LogP contribution in [0.1, 0.15) is 5.56 Å². The van der Waals surface area contributed by atoms with E-state index in [1.165, 1.54) is 26.4 Å². The van der Waals surface area contributed by atoms with Gasteiger partial charge in [-0.2, -0.15) is 0 Å². The van der Waals surface area contributed by atoms with E-state index in [1.54, 1.807) is 0 Å². The fourth-order valence-electron chi connectivity index (χ4n) is 1.21. The topological polar surface area (TPSA) is 47.6 Å². The molecular formula is C10H12FNO3. The molecule has 0 heterocycles. The summed E-state index contributed by atoms with van der Waals surface area (Å²) in [4.78, 5) is 10.1. The molecule has 0 bridgehead atoms. The smallest absolute Gasteiger partial charge is 0.207 e. The maximum Gasteiger partial charge on any atom is 0.207 e. The Morgan fingerprint density at radius 3 is 2.53 bits per heavy atom. The first-order valence-electron chi connectivity index (χ1n) is 4.30. The van der Waals surface area contributed by atoms with Crippen molar-refractivity contribution in [2.75, 3.05) is 14.2 Å². The van der Waals surface area contributed by atoms with Crippen molar-refractivity contribution in [1.82, 2.24) is 5.32 Å². The van der Waals surface area contributed by atoms with Crippen molar-refractivity contribution in [2.45, 2.75) is 6.54 Å². The summed E-state index contributed by atoms with van der Waals surface area (Å²) in [5.41, 5.74) is 0.558. The summed E-state index contributed by atoms with van der Waals surface area (Å²) in [6, 6.07) is 2.71. The fourth-order valence-corrected chi connectivity index (χ4v) is 1.21. The van der Waals surface area contributed by atoms with Crippen LogP contribution in [0.2, 0.25) is 0 Å². The van der Waals surface area contributed by atoms with E-state index in [0.29, 0.717) is 17.7 Å². The Balaban J connectivity index is 3.03. The van der Waals surface area contributed by atoms with Gasteiger partial charge in [-0.25, -0.2) is 4.39 Å². The Morgan fingerprint density at radius 2 is 2.00 bits per heavy atom. The van der Waals surface area contributed by atoms with Crippen LogP contribution in [-0.2, 0) is 11.3 Å². The molecule has 0 radical (unpaired) electrons. The predicted molar refractivity (Wildman–Crippen MR) is 52.4 cm³/mol. The second-order valence-corrected chi connectivity index (χ2v) is 2.80. The lowest BCUT2D eigenvalue weighted by atomic mass is 10.2. The van der Waals surface area contributed by atoms with Gasteiger partial charge in [-0.05, 0) is 6.07 Å². The third kappa shape index (κ3) is 2.59. The van der Waals surface area contributed by atoms with Crippen LogP contribution in [0, 0.1) is 5.82 Å². The van der Waals surface area contributed by atoms with Gasteiger partial charge in [-0.15, -0.1) is 0 Å². The lowest BCUT2D eigenvalue weighted by Gasteiger charge is -2.10. The van der Waals surface area contributed by atoms with Crippen LogP contribution in [0.3, 0.4) is 0 Å². The Bertz CT molecular complexity index is 355. The average Bonchev–Trinajstić information content (AvgIpc) is 2.26. The summed E-state index contributed by atoms with van der Waals surface area (Å²) in [7, 11) is 2.85. The number of hydrogen-bond donors (Lipinski definition) is 1. The van der Waals surface area contributed by atoms with Crippen molar-refractivity contribution in [1.29, 1.82) is 0 Å². The van der Waals surface area contributed by atoms with Gasteiger partial charge in [0, 0.05) is 18.2 Å². The normalized spacial score (nSPS) is 9.53. The summed E-state index contributed by atoms with van der Waals surface area (Å²) < 4.78 is 23.1. The number of halogens is 1. The van der Waals surface area contributed by atoms with Crippen LogP contribution >= 0.6 is 0 Å². The van der Waals surface area contributed by atoms with Gasteiger partial charge in [-0.1, -0.05) is 0 Å². The second kappa shape index (κ2) is 5.19. The Labute approximate surface area is 87.0 Å². The molecule has 0 spiro atoms. The molecule has 15 heavy (non-hydrogen) atoms. The molecule has 0 saturated carbocycles. The Kier molecular flexibility index (Phi) is 3.91. The highest BCUT2D eigenvalue weighted by atomic mass is 19.1. The van der Waals surface area contributed by atoms with Crippen molar-refractivity contribution < 1.29 is 18.7 Å². The molecule has 0 fully saturated rings. The van der Waals surface area contributed by atoms with E-state index >= 15 is 0 Å². The molecule has 0 saturated heterocycles. The van der Waals surface area contributed by atoms with Crippen molar-refractivity contribution in [3.63, 3.8) is 0 Å². The monoisotopic (exact) mass is 213 g/mol. The van der Waals surface area contributed by atoms with Gasteiger partial charge in [0.1, 0.15) is 5.75 Å². The van der Waals surface area contributed by atoms with Crippen molar-refractivity contribution in [3.8, 4) is 11.5 Å². The number of hydrogen-bond acceptors (Lipinski definition) is 3. The minimum absolute atomic E-state index is 0.113. The number of carbonyl (C=O) groups excluding carboxylic acids is 1. The third-order valence-electron chi connectivity index (χ3n) is 1.93. The standard InChI is InChI=1S/C10H12FNO3/c1-14-9-4-10(15-2)8(11)3-7(9)5-12-6-13/h3-4,6H,5H2,1-2H3,(H,12,13). The average molecular weight is 213 g/mol. The zero-order chi connectivity index (χ0) is 11.3. The number of carbonyl (C=O) groups is 1. The molecule has 1 rings (SSSR count). The van der Waals surface area contributed by atoms with Crippen LogP contribution in [0.25, 0.3) is 0 Å². The van der Waals surface area contributed by atoms with E-state index in [-0.39, 0.29) is 12.3 Å². The number of rotatable bonds is 5. The molecule has 1 N–H and O–H groups in total. The molecule has 0 unspecified atom stereocenters. The lowest BCUT2D eigenvalue weighted by Crippen LogP contribution is -2.11. The van der Waals surface area contributed by atoms with Crippen LogP contribution in [0.15, 0.2) is 12.1 Å². The van der Waals surface area contributed by atoms with Gasteiger partial charge in [-0.3, -0.25) is 4.79 Å². The van der Waals surface area contributed by atoms with E-state index in [1.807, 2.05) is 0 Å². The second-order valence-electron chi connectivity index (χ2n) is 2.80. The number of nitrogens with one attached hydrogen (secondary N) is 1. The van der Waals surface area contributed by atoms with Gasteiger partial charge in [0.25, 0.3) is 0 Å². The molecule has 0 aliphatic rings. The summed E-state index contributed by atoms with van der Waals surface area (Å²) in [6.07, 6.45) is 0.543. The molecule has 5 heteroatoms. The number of ether oxygens (including phenoxy) is 2. The molecule has 0 aromatic heterocycles. The first-order valence-corrected chi connectivity index (χ1v) is 4.30. The molecular weight excluding hydrogens is 201 g/mol. The molecule has 1 aromatic carbocycles.